The Balaban J connectivity index is 2.26. The molecule has 0 radical (unpaired) electrons. The van der Waals surface area contributed by atoms with Gasteiger partial charge < -0.3 is 10.1 Å². The van der Waals surface area contributed by atoms with Crippen LogP contribution in [-0.4, -0.2) is 39.8 Å². The van der Waals surface area contributed by atoms with Gasteiger partial charge in [-0.1, -0.05) is 28.1 Å². The molecule has 0 bridgehead atoms. The Labute approximate surface area is 168 Å². The van der Waals surface area contributed by atoms with Crippen molar-refractivity contribution >= 4 is 43.6 Å². The number of carbonyl (C=O) groups is 1. The number of nitrogens with zero attached hydrogens (tertiary/aromatic N) is 1. The van der Waals surface area contributed by atoms with Gasteiger partial charge in [0.1, 0.15) is 10.6 Å². The molecule has 2 aromatic carbocycles. The first kappa shape index (κ1) is 21.1. The minimum absolute atomic E-state index is 0.0420. The lowest BCUT2D eigenvalue weighted by Crippen LogP contribution is -2.22. The SMILES string of the molecule is COc1ccc(C=CC(=O)Nc2cc(Br)ccc2C)cc1S(=O)(=O)N(C)C. The summed E-state index contributed by atoms with van der Waals surface area (Å²) < 4.78 is 32.0. The Morgan fingerprint density at radius 2 is 1.89 bits per heavy atom. The number of halogens is 1. The van der Waals surface area contributed by atoms with Crippen LogP contribution < -0.4 is 10.1 Å². The number of aryl methyl sites for hydroxylation is 1. The molecule has 0 spiro atoms. The normalized spacial score (nSPS) is 11.8. The Morgan fingerprint density at radius 1 is 1.19 bits per heavy atom. The van der Waals surface area contributed by atoms with Crippen LogP contribution >= 0.6 is 15.9 Å². The highest BCUT2D eigenvalue weighted by Crippen LogP contribution is 2.27. The second-order valence-electron chi connectivity index (χ2n) is 5.98. The number of ether oxygens (including phenoxy) is 1. The van der Waals surface area contributed by atoms with Gasteiger partial charge in [-0.25, -0.2) is 12.7 Å². The van der Waals surface area contributed by atoms with E-state index in [9.17, 15) is 13.2 Å². The van der Waals surface area contributed by atoms with E-state index in [1.807, 2.05) is 25.1 Å². The zero-order chi connectivity index (χ0) is 20.2. The number of nitrogens with one attached hydrogen (secondary N) is 1. The maximum atomic E-state index is 12.5. The molecule has 0 atom stereocenters. The number of anilines is 1. The molecular weight excluding hydrogens is 432 g/mol. The smallest absolute Gasteiger partial charge is 0.248 e. The summed E-state index contributed by atoms with van der Waals surface area (Å²) in [5.41, 5.74) is 2.20. The zero-order valence-electron chi connectivity index (χ0n) is 15.5. The Kier molecular flexibility index (Phi) is 6.80. The summed E-state index contributed by atoms with van der Waals surface area (Å²) in [7, 11) is 0.638. The summed E-state index contributed by atoms with van der Waals surface area (Å²) >= 11 is 3.37. The van der Waals surface area contributed by atoms with Crippen molar-refractivity contribution < 1.29 is 17.9 Å². The fourth-order valence-electron chi connectivity index (χ4n) is 2.27. The molecule has 0 fully saturated rings. The van der Waals surface area contributed by atoms with Gasteiger partial charge in [0.05, 0.1) is 7.11 Å². The molecule has 0 saturated heterocycles. The van der Waals surface area contributed by atoms with Gasteiger partial charge in [-0.15, -0.1) is 0 Å². The Bertz CT molecular complexity index is 985. The predicted octanol–water partition coefficient (Wildman–Crippen LogP) is 3.67. The molecule has 1 amide bonds. The molecule has 27 heavy (non-hydrogen) atoms. The summed E-state index contributed by atoms with van der Waals surface area (Å²) in [5.74, 6) is -0.0703. The molecule has 2 rings (SSSR count). The lowest BCUT2D eigenvalue weighted by Gasteiger charge is -2.15. The first-order chi connectivity index (χ1) is 12.6. The molecule has 1 N–H and O–H groups in total. The van der Waals surface area contributed by atoms with Crippen LogP contribution in [0.15, 0.2) is 51.8 Å². The van der Waals surface area contributed by atoms with E-state index in [2.05, 4.69) is 21.2 Å². The van der Waals surface area contributed by atoms with Crippen LogP contribution in [0.1, 0.15) is 11.1 Å². The number of carbonyl (C=O) groups excluding carboxylic acids is 1. The average Bonchev–Trinajstić information content (AvgIpc) is 2.62. The number of benzene rings is 2. The molecular formula is C19H21BrN2O4S. The second kappa shape index (κ2) is 8.69. The average molecular weight is 453 g/mol. The molecule has 6 nitrogen and oxygen atoms in total. The number of methoxy groups -OCH3 is 1. The number of rotatable bonds is 6. The summed E-state index contributed by atoms with van der Waals surface area (Å²) in [6.45, 7) is 1.90. The molecule has 0 aliphatic rings. The molecule has 0 aliphatic heterocycles. The van der Waals surface area contributed by atoms with Crippen LogP contribution in [0.2, 0.25) is 0 Å². The largest absolute Gasteiger partial charge is 0.495 e. The molecule has 144 valence electrons. The highest BCUT2D eigenvalue weighted by atomic mass is 79.9. The van der Waals surface area contributed by atoms with E-state index < -0.39 is 10.0 Å². The molecule has 2 aromatic rings. The Hall–Kier alpha value is -2.16. The number of hydrogen-bond acceptors (Lipinski definition) is 4. The maximum Gasteiger partial charge on any atom is 0.248 e. The minimum Gasteiger partial charge on any atom is -0.495 e. The summed E-state index contributed by atoms with van der Waals surface area (Å²) in [6, 6.07) is 10.3. The molecule has 0 saturated carbocycles. The van der Waals surface area contributed by atoms with Crippen molar-refractivity contribution in [2.75, 3.05) is 26.5 Å². The highest BCUT2D eigenvalue weighted by Gasteiger charge is 2.22. The van der Waals surface area contributed by atoms with Gasteiger partial charge in [0.25, 0.3) is 0 Å². The van der Waals surface area contributed by atoms with Crippen LogP contribution in [0.5, 0.6) is 5.75 Å². The van der Waals surface area contributed by atoms with Gasteiger partial charge in [-0.05, 0) is 48.4 Å². The minimum atomic E-state index is -3.67. The topological polar surface area (TPSA) is 75.7 Å². The maximum absolute atomic E-state index is 12.5. The number of amides is 1. The van der Waals surface area contributed by atoms with Crippen molar-refractivity contribution in [2.45, 2.75) is 11.8 Å². The lowest BCUT2D eigenvalue weighted by molar-refractivity contribution is -0.111. The lowest BCUT2D eigenvalue weighted by atomic mass is 10.2. The quantitative estimate of drug-likeness (QED) is 0.678. The van der Waals surface area contributed by atoms with Crippen LogP contribution in [0.3, 0.4) is 0 Å². The van der Waals surface area contributed by atoms with E-state index >= 15 is 0 Å². The van der Waals surface area contributed by atoms with Gasteiger partial charge in [0.15, 0.2) is 0 Å². The zero-order valence-corrected chi connectivity index (χ0v) is 17.9. The van der Waals surface area contributed by atoms with Crippen LogP contribution in [0.25, 0.3) is 6.08 Å². The third-order valence-corrected chi connectivity index (χ3v) is 6.16. The van der Waals surface area contributed by atoms with Crippen LogP contribution in [0.4, 0.5) is 5.69 Å². The van der Waals surface area contributed by atoms with E-state index in [-0.39, 0.29) is 16.6 Å². The molecule has 0 aromatic heterocycles. The summed E-state index contributed by atoms with van der Waals surface area (Å²) in [5, 5.41) is 2.80. The third kappa shape index (κ3) is 5.18. The fraction of sp³-hybridized carbons (Fsp3) is 0.211. The molecule has 0 unspecified atom stereocenters. The number of sulfonamides is 1. The number of hydrogen-bond donors (Lipinski definition) is 1. The van der Waals surface area contributed by atoms with E-state index in [1.54, 1.807) is 18.2 Å². The van der Waals surface area contributed by atoms with Crippen LogP contribution in [0, 0.1) is 6.92 Å². The predicted molar refractivity (Wildman–Crippen MR) is 110 cm³/mol. The molecule has 8 heteroatoms. The molecule has 0 aliphatic carbocycles. The van der Waals surface area contributed by atoms with E-state index in [0.29, 0.717) is 11.3 Å². The van der Waals surface area contributed by atoms with E-state index in [4.69, 9.17) is 4.74 Å². The monoisotopic (exact) mass is 452 g/mol. The van der Waals surface area contributed by atoms with Gasteiger partial charge in [0, 0.05) is 30.3 Å². The summed E-state index contributed by atoms with van der Waals surface area (Å²) in [4.78, 5) is 12.2. The van der Waals surface area contributed by atoms with Crippen molar-refractivity contribution in [2.24, 2.45) is 0 Å². The summed E-state index contributed by atoms with van der Waals surface area (Å²) in [6.07, 6.45) is 2.91. The van der Waals surface area contributed by atoms with Crippen molar-refractivity contribution in [3.8, 4) is 5.75 Å². The standard InChI is InChI=1S/C19H21BrN2O4S/c1-13-5-8-15(20)12-16(13)21-19(23)10-7-14-6-9-17(26-4)18(11-14)27(24,25)22(2)3/h5-12H,1-4H3,(H,21,23). The highest BCUT2D eigenvalue weighted by molar-refractivity contribution is 9.10. The fourth-order valence-corrected chi connectivity index (χ4v) is 3.72. The molecule has 0 heterocycles. The van der Waals surface area contributed by atoms with Crippen molar-refractivity contribution in [1.29, 1.82) is 0 Å². The van der Waals surface area contributed by atoms with Crippen LogP contribution in [-0.2, 0) is 14.8 Å². The van der Waals surface area contributed by atoms with Gasteiger partial charge >= 0.3 is 0 Å². The van der Waals surface area contributed by atoms with Gasteiger partial charge in [0.2, 0.25) is 15.9 Å². The first-order valence-electron chi connectivity index (χ1n) is 8.01. The van der Waals surface area contributed by atoms with E-state index in [0.717, 1.165) is 14.3 Å². The van der Waals surface area contributed by atoms with Crippen molar-refractivity contribution in [1.82, 2.24) is 4.31 Å². The van der Waals surface area contributed by atoms with Gasteiger partial charge in [-0.3, -0.25) is 4.79 Å². The van der Waals surface area contributed by atoms with Gasteiger partial charge in [-0.2, -0.15) is 0 Å². The van der Waals surface area contributed by atoms with Crippen molar-refractivity contribution in [3.63, 3.8) is 0 Å². The van der Waals surface area contributed by atoms with E-state index in [1.165, 1.54) is 33.3 Å². The third-order valence-electron chi connectivity index (χ3n) is 3.83. The second-order valence-corrected chi connectivity index (χ2v) is 9.02. The Morgan fingerprint density at radius 3 is 2.52 bits per heavy atom. The van der Waals surface area contributed by atoms with Crippen molar-refractivity contribution in [3.05, 3.63) is 58.1 Å². The first-order valence-corrected chi connectivity index (χ1v) is 10.2.